The van der Waals surface area contributed by atoms with Crippen LogP contribution in [0.4, 0.5) is 0 Å². The van der Waals surface area contributed by atoms with E-state index < -0.39 is 0 Å². The molecule has 0 aromatic rings. The van der Waals surface area contributed by atoms with E-state index in [0.717, 1.165) is 13.1 Å². The van der Waals surface area contributed by atoms with E-state index >= 15 is 0 Å². The molecule has 1 aliphatic heterocycles. The van der Waals surface area contributed by atoms with Crippen molar-refractivity contribution >= 4 is 0 Å². The highest BCUT2D eigenvalue weighted by Gasteiger charge is 2.36. The van der Waals surface area contributed by atoms with Crippen LogP contribution in [0.2, 0.25) is 0 Å². The molecule has 1 aliphatic rings. The van der Waals surface area contributed by atoms with E-state index in [4.69, 9.17) is 10.5 Å². The van der Waals surface area contributed by atoms with Gasteiger partial charge >= 0.3 is 0 Å². The summed E-state index contributed by atoms with van der Waals surface area (Å²) in [6.45, 7) is 10.7. The minimum Gasteiger partial charge on any atom is -0.380 e. The summed E-state index contributed by atoms with van der Waals surface area (Å²) in [6.07, 6.45) is 2.77. The number of hydrogen-bond acceptors (Lipinski definition) is 4. The van der Waals surface area contributed by atoms with E-state index in [0.29, 0.717) is 12.6 Å². The largest absolute Gasteiger partial charge is 0.380 e. The predicted molar refractivity (Wildman–Crippen MR) is 76.8 cm³/mol. The molecule has 1 heterocycles. The molecule has 1 rings (SSSR count). The number of ether oxygens (including phenoxy) is 1. The van der Waals surface area contributed by atoms with Gasteiger partial charge in [0.05, 0.1) is 11.6 Å². The van der Waals surface area contributed by atoms with Crippen LogP contribution < -0.4 is 5.73 Å². The van der Waals surface area contributed by atoms with E-state index in [2.05, 4.69) is 37.6 Å². The Kier molecular flexibility index (Phi) is 6.05. The molecule has 0 amide bonds. The third kappa shape index (κ3) is 3.23. The first-order valence-corrected chi connectivity index (χ1v) is 7.17. The van der Waals surface area contributed by atoms with Gasteiger partial charge in [-0.1, -0.05) is 6.92 Å². The topological polar surface area (TPSA) is 41.7 Å². The molecule has 4 heteroatoms. The number of nitrogens with zero attached hydrogens (tertiary/aromatic N) is 2. The van der Waals surface area contributed by atoms with Gasteiger partial charge in [0.25, 0.3) is 0 Å². The summed E-state index contributed by atoms with van der Waals surface area (Å²) in [6, 6.07) is 0.676. The lowest BCUT2D eigenvalue weighted by Gasteiger charge is -2.43. The molecule has 4 nitrogen and oxygen atoms in total. The molecule has 2 N–H and O–H groups in total. The lowest BCUT2D eigenvalue weighted by atomic mass is 9.93. The molecular formula is C14H31N3O. The van der Waals surface area contributed by atoms with Gasteiger partial charge in [0.15, 0.2) is 0 Å². The molecule has 0 saturated carbocycles. The molecule has 3 unspecified atom stereocenters. The monoisotopic (exact) mass is 257 g/mol. The summed E-state index contributed by atoms with van der Waals surface area (Å²) in [5.74, 6) is 0. The molecule has 0 aromatic carbocycles. The van der Waals surface area contributed by atoms with Crippen LogP contribution in [0.1, 0.15) is 33.6 Å². The van der Waals surface area contributed by atoms with Crippen LogP contribution in [0.25, 0.3) is 0 Å². The van der Waals surface area contributed by atoms with E-state index in [1.807, 2.05) is 0 Å². The number of nitrogens with two attached hydrogens (primary N) is 1. The number of rotatable bonds is 7. The maximum atomic E-state index is 5.99. The van der Waals surface area contributed by atoms with Crippen LogP contribution in [0, 0.1) is 0 Å². The van der Waals surface area contributed by atoms with Crippen LogP contribution in [0.5, 0.6) is 0 Å². The van der Waals surface area contributed by atoms with Crippen molar-refractivity contribution in [3.05, 3.63) is 0 Å². The number of likely N-dealkylation sites (N-methyl/N-ethyl adjacent to an activating group) is 2. The van der Waals surface area contributed by atoms with Gasteiger partial charge in [-0.25, -0.2) is 0 Å². The maximum absolute atomic E-state index is 5.99. The Morgan fingerprint density at radius 3 is 2.72 bits per heavy atom. The fraction of sp³-hybridized carbons (Fsp3) is 1.00. The maximum Gasteiger partial charge on any atom is 0.0736 e. The molecule has 0 aromatic heterocycles. The third-order valence-corrected chi connectivity index (χ3v) is 4.90. The molecule has 1 saturated heterocycles. The normalized spacial score (nSPS) is 26.5. The number of likely N-dealkylation sites (tertiary alicyclic amines) is 1. The van der Waals surface area contributed by atoms with Gasteiger partial charge in [0, 0.05) is 26.2 Å². The summed E-state index contributed by atoms with van der Waals surface area (Å²) >= 11 is 0. The van der Waals surface area contributed by atoms with Crippen LogP contribution in [0.3, 0.4) is 0 Å². The molecule has 108 valence electrons. The number of methoxy groups -OCH3 is 1. The van der Waals surface area contributed by atoms with E-state index in [-0.39, 0.29) is 11.6 Å². The fourth-order valence-corrected chi connectivity index (χ4v) is 2.93. The zero-order chi connectivity index (χ0) is 13.8. The lowest BCUT2D eigenvalue weighted by molar-refractivity contribution is -0.0268. The Hall–Kier alpha value is -0.160. The smallest absolute Gasteiger partial charge is 0.0736 e. The predicted octanol–water partition coefficient (Wildman–Crippen LogP) is 1.15. The van der Waals surface area contributed by atoms with Gasteiger partial charge < -0.3 is 10.5 Å². The summed E-state index contributed by atoms with van der Waals surface area (Å²) < 4.78 is 5.51. The second kappa shape index (κ2) is 6.85. The van der Waals surface area contributed by atoms with E-state index in [1.165, 1.54) is 19.4 Å². The molecule has 0 bridgehead atoms. The van der Waals surface area contributed by atoms with Crippen molar-refractivity contribution in [1.82, 2.24) is 9.80 Å². The van der Waals surface area contributed by atoms with Crippen molar-refractivity contribution in [2.75, 3.05) is 40.3 Å². The van der Waals surface area contributed by atoms with Gasteiger partial charge in [-0.3, -0.25) is 9.80 Å². The Morgan fingerprint density at radius 1 is 1.56 bits per heavy atom. The van der Waals surface area contributed by atoms with Crippen molar-refractivity contribution in [2.45, 2.75) is 51.3 Å². The highest BCUT2D eigenvalue weighted by atomic mass is 16.5. The van der Waals surface area contributed by atoms with Crippen LogP contribution >= 0.6 is 0 Å². The van der Waals surface area contributed by atoms with Gasteiger partial charge in [0.1, 0.15) is 0 Å². The van der Waals surface area contributed by atoms with Crippen molar-refractivity contribution in [2.24, 2.45) is 5.73 Å². The first kappa shape index (κ1) is 15.9. The zero-order valence-corrected chi connectivity index (χ0v) is 12.8. The van der Waals surface area contributed by atoms with Crippen molar-refractivity contribution in [1.29, 1.82) is 0 Å². The average Bonchev–Trinajstić information content (AvgIpc) is 2.83. The quantitative estimate of drug-likeness (QED) is 0.743. The molecule has 0 aliphatic carbocycles. The third-order valence-electron chi connectivity index (χ3n) is 4.90. The highest BCUT2D eigenvalue weighted by Crippen LogP contribution is 2.23. The molecule has 18 heavy (non-hydrogen) atoms. The van der Waals surface area contributed by atoms with Crippen LogP contribution in [0.15, 0.2) is 0 Å². The Morgan fingerprint density at radius 2 is 2.22 bits per heavy atom. The summed E-state index contributed by atoms with van der Waals surface area (Å²) in [5.41, 5.74) is 5.90. The number of hydrogen-bond donors (Lipinski definition) is 1. The van der Waals surface area contributed by atoms with Crippen LogP contribution in [-0.2, 0) is 4.74 Å². The Labute approximate surface area is 112 Å². The van der Waals surface area contributed by atoms with E-state index in [9.17, 15) is 0 Å². The van der Waals surface area contributed by atoms with Gasteiger partial charge in [-0.2, -0.15) is 0 Å². The zero-order valence-electron chi connectivity index (χ0n) is 12.8. The summed E-state index contributed by atoms with van der Waals surface area (Å²) in [7, 11) is 3.94. The standard InChI is InChI=1S/C14H31N3O/c1-6-17-9-7-8-13(17)10-16(4)14(3,11-15)12(2)18-5/h12-13H,6-11,15H2,1-5H3. The molecular weight excluding hydrogens is 226 g/mol. The molecule has 1 fully saturated rings. The second-order valence-electron chi connectivity index (χ2n) is 5.74. The SMILES string of the molecule is CCN1CCCC1CN(C)C(C)(CN)C(C)OC. The summed E-state index contributed by atoms with van der Waals surface area (Å²) in [4.78, 5) is 4.96. The minimum absolute atomic E-state index is 0.0866. The van der Waals surface area contributed by atoms with Crippen LogP contribution in [-0.4, -0.2) is 67.8 Å². The van der Waals surface area contributed by atoms with Crippen molar-refractivity contribution in [3.8, 4) is 0 Å². The molecule has 3 atom stereocenters. The van der Waals surface area contributed by atoms with Crippen molar-refractivity contribution in [3.63, 3.8) is 0 Å². The Bertz CT molecular complexity index is 249. The minimum atomic E-state index is -0.0866. The van der Waals surface area contributed by atoms with E-state index in [1.54, 1.807) is 7.11 Å². The Balaban J connectivity index is 2.64. The highest BCUT2D eigenvalue weighted by molar-refractivity contribution is 4.94. The van der Waals surface area contributed by atoms with Gasteiger partial charge in [0.2, 0.25) is 0 Å². The lowest BCUT2D eigenvalue weighted by Crippen LogP contribution is -2.59. The molecule has 0 radical (unpaired) electrons. The fourth-order valence-electron chi connectivity index (χ4n) is 2.93. The first-order chi connectivity index (χ1) is 8.49. The summed E-state index contributed by atoms with van der Waals surface area (Å²) in [5, 5.41) is 0. The molecule has 0 spiro atoms. The van der Waals surface area contributed by atoms with Gasteiger partial charge in [-0.05, 0) is 46.8 Å². The first-order valence-electron chi connectivity index (χ1n) is 7.17. The van der Waals surface area contributed by atoms with Gasteiger partial charge in [-0.15, -0.1) is 0 Å². The average molecular weight is 257 g/mol. The van der Waals surface area contributed by atoms with Crippen molar-refractivity contribution < 1.29 is 4.74 Å². The second-order valence-corrected chi connectivity index (χ2v) is 5.74.